The van der Waals surface area contributed by atoms with Crippen LogP contribution in [0.5, 0.6) is 5.75 Å². The molecule has 0 aliphatic heterocycles. The lowest BCUT2D eigenvalue weighted by Crippen LogP contribution is -2.34. The molecule has 1 N–H and O–H groups in total. The van der Waals surface area contributed by atoms with Gasteiger partial charge in [-0.3, -0.25) is 4.79 Å². The van der Waals surface area contributed by atoms with Crippen molar-refractivity contribution in [2.45, 2.75) is 56.9 Å². The lowest BCUT2D eigenvalue weighted by Gasteiger charge is -2.32. The Bertz CT molecular complexity index is 857. The van der Waals surface area contributed by atoms with Crippen LogP contribution in [0.25, 0.3) is 0 Å². The Hall–Kier alpha value is -2.27. The van der Waals surface area contributed by atoms with E-state index in [9.17, 15) is 9.59 Å². The van der Waals surface area contributed by atoms with Crippen LogP contribution in [0.1, 0.15) is 60.6 Å². The van der Waals surface area contributed by atoms with Crippen LogP contribution in [0.4, 0.5) is 0 Å². The van der Waals surface area contributed by atoms with E-state index in [1.165, 1.54) is 5.56 Å². The number of hydrogen-bond acceptors (Lipinski definition) is 4. The first-order valence-electron chi connectivity index (χ1n) is 9.86. The average molecular weight is 404 g/mol. The molecule has 2 aromatic rings. The van der Waals surface area contributed by atoms with Gasteiger partial charge in [-0.15, -0.1) is 0 Å². The second-order valence-electron chi connectivity index (χ2n) is 7.11. The third-order valence-corrected chi connectivity index (χ3v) is 5.41. The molecule has 0 bridgehead atoms. The summed E-state index contributed by atoms with van der Waals surface area (Å²) >= 11 is 6.65. The summed E-state index contributed by atoms with van der Waals surface area (Å²) in [5, 5.41) is -0.885. The summed E-state index contributed by atoms with van der Waals surface area (Å²) in [6.07, 6.45) is 5.78. The van der Waals surface area contributed by atoms with Crippen molar-refractivity contribution in [3.05, 3.63) is 63.6 Å². The predicted molar refractivity (Wildman–Crippen MR) is 109 cm³/mol. The van der Waals surface area contributed by atoms with E-state index in [-0.39, 0.29) is 17.9 Å². The van der Waals surface area contributed by atoms with Crippen molar-refractivity contribution in [1.82, 2.24) is 4.98 Å². The van der Waals surface area contributed by atoms with E-state index in [1.807, 2.05) is 30.3 Å². The van der Waals surface area contributed by atoms with Gasteiger partial charge in [0, 0.05) is 24.6 Å². The number of aromatic nitrogens is 1. The van der Waals surface area contributed by atoms with E-state index < -0.39 is 16.6 Å². The molecule has 0 amide bonds. The number of nitrogens with one attached hydrogen (secondary N) is 1. The predicted octanol–water partition coefficient (Wildman–Crippen LogP) is 4.61. The summed E-state index contributed by atoms with van der Waals surface area (Å²) in [5.74, 6) is -0.480. The van der Waals surface area contributed by atoms with Gasteiger partial charge in [0.05, 0.1) is 6.61 Å². The summed E-state index contributed by atoms with van der Waals surface area (Å²) in [7, 11) is 0. The molecule has 1 aliphatic carbocycles. The molecule has 150 valence electrons. The maximum absolute atomic E-state index is 12.7. The minimum absolute atomic E-state index is 0.115. The van der Waals surface area contributed by atoms with Gasteiger partial charge in [0.25, 0.3) is 5.56 Å². The fraction of sp³-hybridized carbons (Fsp3) is 0.455. The Balaban J connectivity index is 1.89. The zero-order valence-electron chi connectivity index (χ0n) is 16.1. The highest BCUT2D eigenvalue weighted by molar-refractivity contribution is 6.23. The van der Waals surface area contributed by atoms with Crippen molar-refractivity contribution in [1.29, 1.82) is 0 Å². The lowest BCUT2D eigenvalue weighted by atomic mass is 9.97. The summed E-state index contributed by atoms with van der Waals surface area (Å²) in [5.41, 5.74) is 1.25. The van der Waals surface area contributed by atoms with E-state index in [1.54, 1.807) is 13.0 Å². The number of esters is 1. The van der Waals surface area contributed by atoms with Gasteiger partial charge in [-0.1, -0.05) is 48.4 Å². The summed E-state index contributed by atoms with van der Waals surface area (Å²) in [6, 6.07) is 11.7. The van der Waals surface area contributed by atoms with Crippen molar-refractivity contribution < 1.29 is 14.3 Å². The molecule has 0 radical (unpaired) electrons. The molecule has 5 nitrogen and oxygen atoms in total. The first-order valence-corrected chi connectivity index (χ1v) is 10.2. The number of ether oxygens (including phenoxy) is 2. The number of aromatic amines is 1. The number of alkyl halides is 1. The molecule has 1 heterocycles. The number of carbonyl (C=O) groups is 1. The van der Waals surface area contributed by atoms with E-state index in [4.69, 9.17) is 21.1 Å². The van der Waals surface area contributed by atoms with Gasteiger partial charge in [-0.25, -0.2) is 4.79 Å². The second-order valence-corrected chi connectivity index (χ2v) is 7.80. The molecule has 0 spiro atoms. The third kappa shape index (κ3) is 5.16. The number of pyridine rings is 1. The van der Waals surface area contributed by atoms with Crippen LogP contribution in [0.15, 0.2) is 41.2 Å². The largest absolute Gasteiger partial charge is 0.471 e. The first-order chi connectivity index (χ1) is 13.5. The van der Waals surface area contributed by atoms with E-state index in [2.05, 4.69) is 4.98 Å². The zero-order valence-corrected chi connectivity index (χ0v) is 16.9. The fourth-order valence-electron chi connectivity index (χ4n) is 3.50. The van der Waals surface area contributed by atoms with Crippen LogP contribution in [-0.4, -0.2) is 22.6 Å². The Morgan fingerprint density at radius 2 is 1.86 bits per heavy atom. The minimum atomic E-state index is -0.885. The quantitative estimate of drug-likeness (QED) is 0.541. The maximum Gasteiger partial charge on any atom is 0.347 e. The van der Waals surface area contributed by atoms with Gasteiger partial charge in [0.2, 0.25) is 0 Å². The van der Waals surface area contributed by atoms with Crippen molar-refractivity contribution in [3.8, 4) is 5.75 Å². The number of aryl methyl sites for hydroxylation is 2. The number of H-pyrrole nitrogens is 1. The highest BCUT2D eigenvalue weighted by Crippen LogP contribution is 2.37. The summed E-state index contributed by atoms with van der Waals surface area (Å²) < 4.78 is 11.1. The van der Waals surface area contributed by atoms with Crippen LogP contribution < -0.4 is 10.3 Å². The number of halogens is 1. The number of hydrogen-bond donors (Lipinski definition) is 1. The molecule has 0 unspecified atom stereocenters. The number of benzene rings is 1. The van der Waals surface area contributed by atoms with Crippen molar-refractivity contribution in [2.75, 3.05) is 6.61 Å². The molecule has 1 fully saturated rings. The van der Waals surface area contributed by atoms with E-state index in [0.717, 1.165) is 25.7 Å². The summed E-state index contributed by atoms with van der Waals surface area (Å²) in [6.45, 7) is 1.88. The lowest BCUT2D eigenvalue weighted by molar-refractivity contribution is 0.0507. The Labute approximate surface area is 170 Å². The highest BCUT2D eigenvalue weighted by Gasteiger charge is 2.34. The van der Waals surface area contributed by atoms with Gasteiger partial charge in [-0.05, 0) is 38.2 Å². The van der Waals surface area contributed by atoms with Crippen LogP contribution >= 0.6 is 11.6 Å². The molecule has 1 aliphatic rings. The van der Waals surface area contributed by atoms with E-state index in [0.29, 0.717) is 25.0 Å². The van der Waals surface area contributed by atoms with Gasteiger partial charge in [0.15, 0.2) is 10.6 Å². The van der Waals surface area contributed by atoms with Gasteiger partial charge >= 0.3 is 5.97 Å². The molecule has 1 saturated carbocycles. The monoisotopic (exact) mass is 403 g/mol. The molecule has 1 aromatic heterocycles. The number of carbonyl (C=O) groups excluding carboxylic acids is 1. The highest BCUT2D eigenvalue weighted by atomic mass is 35.5. The molecule has 0 saturated heterocycles. The smallest absolute Gasteiger partial charge is 0.347 e. The van der Waals surface area contributed by atoms with Gasteiger partial charge in [-0.2, -0.15) is 0 Å². The van der Waals surface area contributed by atoms with Gasteiger partial charge < -0.3 is 14.5 Å². The Kier molecular flexibility index (Phi) is 6.79. The molecule has 1 aromatic carbocycles. The molecule has 0 atom stereocenters. The topological polar surface area (TPSA) is 68.4 Å². The normalized spacial score (nSPS) is 15.8. The molecular formula is C22H26ClNO4. The van der Waals surface area contributed by atoms with Crippen LogP contribution in [0.2, 0.25) is 0 Å². The standard InChI is InChI=1S/C22H26ClNO4/c1-2-27-21(26)19-18(28-22(23)13-7-4-8-14-22)15-17(24-20(19)25)12-11-16-9-5-3-6-10-16/h3,5-6,9-10,15H,2,4,7-8,11-14H2,1H3,(H,24,25). The van der Waals surface area contributed by atoms with Crippen molar-refractivity contribution in [3.63, 3.8) is 0 Å². The minimum Gasteiger partial charge on any atom is -0.471 e. The molecule has 3 rings (SSSR count). The van der Waals surface area contributed by atoms with E-state index >= 15 is 0 Å². The molecule has 28 heavy (non-hydrogen) atoms. The Morgan fingerprint density at radius 3 is 2.54 bits per heavy atom. The first kappa shape index (κ1) is 20.5. The maximum atomic E-state index is 12.7. The SMILES string of the molecule is CCOC(=O)c1c(OC2(Cl)CCCCC2)cc(CCc2ccccc2)[nH]c1=O. The fourth-order valence-corrected chi connectivity index (χ4v) is 3.85. The van der Waals surface area contributed by atoms with Crippen LogP contribution in [0.3, 0.4) is 0 Å². The average Bonchev–Trinajstić information content (AvgIpc) is 2.67. The van der Waals surface area contributed by atoms with Crippen molar-refractivity contribution >= 4 is 17.6 Å². The van der Waals surface area contributed by atoms with Crippen molar-refractivity contribution in [2.24, 2.45) is 0 Å². The van der Waals surface area contributed by atoms with Gasteiger partial charge in [0.1, 0.15) is 5.75 Å². The summed E-state index contributed by atoms with van der Waals surface area (Å²) in [4.78, 5) is 27.8. The molecular weight excluding hydrogens is 378 g/mol. The van der Waals surface area contributed by atoms with Crippen LogP contribution in [0, 0.1) is 0 Å². The number of rotatable bonds is 7. The third-order valence-electron chi connectivity index (χ3n) is 4.95. The second kappa shape index (κ2) is 9.28. The Morgan fingerprint density at radius 1 is 1.14 bits per heavy atom. The molecule has 6 heteroatoms. The zero-order chi connectivity index (χ0) is 20.0. The van der Waals surface area contributed by atoms with Crippen LogP contribution in [-0.2, 0) is 17.6 Å².